The van der Waals surface area contributed by atoms with E-state index in [-0.39, 0.29) is 0 Å². The molecule has 1 saturated carbocycles. The Morgan fingerprint density at radius 2 is 1.33 bits per heavy atom. The maximum Gasteiger partial charge on any atom is 0.279 e. The highest BCUT2D eigenvalue weighted by molar-refractivity contribution is 7.87. The van der Waals surface area contributed by atoms with Gasteiger partial charge in [-0.2, -0.15) is 17.4 Å². The first kappa shape index (κ1) is 17.2. The molecule has 2 fully saturated rings. The van der Waals surface area contributed by atoms with Crippen molar-refractivity contribution in [1.82, 2.24) is 9.03 Å². The highest BCUT2D eigenvalue weighted by Crippen LogP contribution is 2.27. The number of hydrogen-bond acceptors (Lipinski definition) is 3. The molecular formula is C15H31N3O2S. The SMILES string of the molecule is NCC1(NS(=O)(=O)N2CCCCCC2)CCCCCCC1. The van der Waals surface area contributed by atoms with Crippen LogP contribution in [-0.4, -0.2) is 37.9 Å². The van der Waals surface area contributed by atoms with Crippen LogP contribution >= 0.6 is 0 Å². The monoisotopic (exact) mass is 317 g/mol. The lowest BCUT2D eigenvalue weighted by Crippen LogP contribution is -2.57. The molecule has 5 nitrogen and oxygen atoms in total. The molecule has 0 radical (unpaired) electrons. The van der Waals surface area contributed by atoms with Gasteiger partial charge in [0.2, 0.25) is 0 Å². The average molecular weight is 317 g/mol. The van der Waals surface area contributed by atoms with Crippen LogP contribution in [0.4, 0.5) is 0 Å². The van der Waals surface area contributed by atoms with Crippen LogP contribution in [0.1, 0.15) is 70.6 Å². The van der Waals surface area contributed by atoms with Gasteiger partial charge in [0.25, 0.3) is 10.2 Å². The zero-order valence-corrected chi connectivity index (χ0v) is 14.0. The molecule has 0 aromatic carbocycles. The fourth-order valence-electron chi connectivity index (χ4n) is 3.55. The molecule has 0 amide bonds. The number of hydrogen-bond donors (Lipinski definition) is 2. The summed E-state index contributed by atoms with van der Waals surface area (Å²) in [6, 6.07) is 0. The predicted molar refractivity (Wildman–Crippen MR) is 86.2 cm³/mol. The van der Waals surface area contributed by atoms with Gasteiger partial charge in [-0.3, -0.25) is 0 Å². The van der Waals surface area contributed by atoms with E-state index in [0.717, 1.165) is 51.4 Å². The minimum absolute atomic E-state index is 0.403. The molecule has 0 unspecified atom stereocenters. The molecule has 0 aromatic heterocycles. The fourth-order valence-corrected chi connectivity index (χ4v) is 5.25. The third kappa shape index (κ3) is 4.91. The van der Waals surface area contributed by atoms with Crippen LogP contribution in [0.2, 0.25) is 0 Å². The van der Waals surface area contributed by atoms with Gasteiger partial charge in [0.1, 0.15) is 0 Å². The van der Waals surface area contributed by atoms with E-state index in [1.165, 1.54) is 19.3 Å². The third-order valence-electron chi connectivity index (χ3n) is 4.95. The molecule has 1 aliphatic carbocycles. The summed E-state index contributed by atoms with van der Waals surface area (Å²) in [6.07, 6.45) is 11.7. The Morgan fingerprint density at radius 1 is 0.857 bits per heavy atom. The summed E-state index contributed by atoms with van der Waals surface area (Å²) in [5, 5.41) is 0. The second-order valence-corrected chi connectivity index (χ2v) is 8.34. The molecular weight excluding hydrogens is 286 g/mol. The van der Waals surface area contributed by atoms with E-state index >= 15 is 0 Å². The summed E-state index contributed by atoms with van der Waals surface area (Å²) in [6.45, 7) is 1.70. The summed E-state index contributed by atoms with van der Waals surface area (Å²) < 4.78 is 30.1. The topological polar surface area (TPSA) is 75.4 Å². The Balaban J connectivity index is 2.07. The molecule has 0 bridgehead atoms. The van der Waals surface area contributed by atoms with E-state index in [0.29, 0.717) is 19.6 Å². The van der Waals surface area contributed by atoms with Crippen LogP contribution in [0, 0.1) is 0 Å². The van der Waals surface area contributed by atoms with Crippen molar-refractivity contribution >= 4 is 10.2 Å². The maximum atomic E-state index is 12.7. The van der Waals surface area contributed by atoms with Gasteiger partial charge in [0.05, 0.1) is 0 Å². The van der Waals surface area contributed by atoms with Crippen molar-refractivity contribution in [3.63, 3.8) is 0 Å². The Hall–Kier alpha value is -0.170. The third-order valence-corrected chi connectivity index (χ3v) is 6.69. The molecule has 6 heteroatoms. The van der Waals surface area contributed by atoms with Gasteiger partial charge in [-0.1, -0.05) is 44.9 Å². The number of rotatable bonds is 4. The van der Waals surface area contributed by atoms with Crippen molar-refractivity contribution in [2.24, 2.45) is 5.73 Å². The van der Waals surface area contributed by atoms with Gasteiger partial charge in [0.15, 0.2) is 0 Å². The Morgan fingerprint density at radius 3 is 1.86 bits per heavy atom. The summed E-state index contributed by atoms with van der Waals surface area (Å²) in [7, 11) is -3.40. The number of nitrogens with zero attached hydrogens (tertiary/aromatic N) is 1. The van der Waals surface area contributed by atoms with E-state index in [1.54, 1.807) is 4.31 Å². The van der Waals surface area contributed by atoms with Crippen LogP contribution in [0.25, 0.3) is 0 Å². The lowest BCUT2D eigenvalue weighted by atomic mass is 9.85. The van der Waals surface area contributed by atoms with Crippen molar-refractivity contribution in [1.29, 1.82) is 0 Å². The van der Waals surface area contributed by atoms with Gasteiger partial charge in [-0.25, -0.2) is 0 Å². The molecule has 0 spiro atoms. The molecule has 2 aliphatic rings. The minimum Gasteiger partial charge on any atom is -0.329 e. The van der Waals surface area contributed by atoms with Gasteiger partial charge >= 0.3 is 0 Å². The first-order valence-electron chi connectivity index (χ1n) is 8.57. The standard InChI is InChI=1S/C15H31N3O2S/c16-14-15(10-6-2-1-3-7-11-15)17-21(19,20)18-12-8-4-5-9-13-18/h17H,1-14,16H2. The quantitative estimate of drug-likeness (QED) is 0.834. The fraction of sp³-hybridized carbons (Fsp3) is 1.00. The van der Waals surface area contributed by atoms with Crippen molar-refractivity contribution in [3.8, 4) is 0 Å². The van der Waals surface area contributed by atoms with E-state index in [1.807, 2.05) is 0 Å². The van der Waals surface area contributed by atoms with Crippen molar-refractivity contribution < 1.29 is 8.42 Å². The molecule has 124 valence electrons. The Bertz CT molecular complexity index is 395. The first-order valence-corrected chi connectivity index (χ1v) is 10.0. The molecule has 1 aliphatic heterocycles. The van der Waals surface area contributed by atoms with E-state index in [4.69, 9.17) is 5.73 Å². The second-order valence-electron chi connectivity index (χ2n) is 6.67. The first-order chi connectivity index (χ1) is 10.1. The normalized spacial score (nSPS) is 25.8. The van der Waals surface area contributed by atoms with Crippen LogP contribution in [0.3, 0.4) is 0 Å². The van der Waals surface area contributed by atoms with Gasteiger partial charge in [-0.05, 0) is 25.7 Å². The Kier molecular flexibility index (Phi) is 6.47. The molecule has 21 heavy (non-hydrogen) atoms. The molecule has 2 rings (SSSR count). The molecule has 0 atom stereocenters. The van der Waals surface area contributed by atoms with Crippen LogP contribution in [0.15, 0.2) is 0 Å². The van der Waals surface area contributed by atoms with Crippen LogP contribution in [0.5, 0.6) is 0 Å². The average Bonchev–Trinajstić information content (AvgIpc) is 2.71. The molecule has 1 saturated heterocycles. The molecule has 1 heterocycles. The molecule has 0 aromatic rings. The van der Waals surface area contributed by atoms with Crippen molar-refractivity contribution in [2.75, 3.05) is 19.6 Å². The zero-order chi connectivity index (χ0) is 15.2. The highest BCUT2D eigenvalue weighted by atomic mass is 32.2. The lowest BCUT2D eigenvalue weighted by Gasteiger charge is -2.36. The van der Waals surface area contributed by atoms with Crippen LogP contribution in [-0.2, 0) is 10.2 Å². The predicted octanol–water partition coefficient (Wildman–Crippen LogP) is 2.14. The van der Waals surface area contributed by atoms with Gasteiger partial charge < -0.3 is 5.73 Å². The van der Waals surface area contributed by atoms with Crippen LogP contribution < -0.4 is 10.5 Å². The largest absolute Gasteiger partial charge is 0.329 e. The summed E-state index contributed by atoms with van der Waals surface area (Å²) >= 11 is 0. The summed E-state index contributed by atoms with van der Waals surface area (Å²) in [4.78, 5) is 0. The second kappa shape index (κ2) is 7.90. The van der Waals surface area contributed by atoms with Gasteiger partial charge in [0, 0.05) is 25.2 Å². The number of nitrogens with one attached hydrogen (secondary N) is 1. The number of nitrogens with two attached hydrogens (primary N) is 1. The van der Waals surface area contributed by atoms with Crippen molar-refractivity contribution in [2.45, 2.75) is 76.2 Å². The van der Waals surface area contributed by atoms with Crippen molar-refractivity contribution in [3.05, 3.63) is 0 Å². The van der Waals surface area contributed by atoms with E-state index in [2.05, 4.69) is 4.72 Å². The maximum absolute atomic E-state index is 12.7. The van der Waals surface area contributed by atoms with Gasteiger partial charge in [-0.15, -0.1) is 0 Å². The van der Waals surface area contributed by atoms with E-state index in [9.17, 15) is 8.42 Å². The lowest BCUT2D eigenvalue weighted by molar-refractivity contribution is 0.285. The van der Waals surface area contributed by atoms with E-state index < -0.39 is 15.7 Å². The summed E-state index contributed by atoms with van der Waals surface area (Å²) in [5.41, 5.74) is 5.56. The summed E-state index contributed by atoms with van der Waals surface area (Å²) in [5.74, 6) is 0. The highest BCUT2D eigenvalue weighted by Gasteiger charge is 2.35. The Labute approximate surface area is 129 Å². The zero-order valence-electron chi connectivity index (χ0n) is 13.1. The minimum atomic E-state index is -3.40. The molecule has 3 N–H and O–H groups in total. The smallest absolute Gasteiger partial charge is 0.279 e.